The lowest BCUT2D eigenvalue weighted by atomic mass is 10.0. The summed E-state index contributed by atoms with van der Waals surface area (Å²) in [5, 5.41) is 12.7. The van der Waals surface area contributed by atoms with E-state index in [0.29, 0.717) is 22.6 Å². The summed E-state index contributed by atoms with van der Waals surface area (Å²) in [5.74, 6) is -0.125. The van der Waals surface area contributed by atoms with Crippen LogP contribution >= 0.6 is 0 Å². The van der Waals surface area contributed by atoms with Gasteiger partial charge in [-0.25, -0.2) is 4.79 Å². The predicted molar refractivity (Wildman–Crippen MR) is 113 cm³/mol. The van der Waals surface area contributed by atoms with Crippen molar-refractivity contribution in [3.8, 4) is 28.6 Å². The lowest BCUT2D eigenvalue weighted by molar-refractivity contribution is -0.114. The van der Waals surface area contributed by atoms with Gasteiger partial charge < -0.3 is 14.8 Å². The van der Waals surface area contributed by atoms with Gasteiger partial charge in [-0.15, -0.1) is 0 Å². The molecule has 1 N–H and O–H groups in total. The zero-order chi connectivity index (χ0) is 21.7. The van der Waals surface area contributed by atoms with Gasteiger partial charge in [-0.3, -0.25) is 9.36 Å². The fraction of sp³-hybridized carbons (Fsp3) is 0.174. The molecule has 3 aromatic rings. The van der Waals surface area contributed by atoms with Crippen molar-refractivity contribution in [1.29, 1.82) is 5.26 Å². The van der Waals surface area contributed by atoms with Crippen molar-refractivity contribution in [2.24, 2.45) is 0 Å². The molecule has 0 saturated heterocycles. The molecule has 1 aromatic heterocycles. The molecule has 0 unspecified atom stereocenters. The first kappa shape index (κ1) is 20.7. The van der Waals surface area contributed by atoms with Crippen molar-refractivity contribution >= 4 is 17.7 Å². The lowest BCUT2D eigenvalue weighted by Crippen LogP contribution is -2.16. The zero-order valence-electron chi connectivity index (χ0n) is 16.9. The van der Waals surface area contributed by atoms with Crippen LogP contribution in [0.25, 0.3) is 16.8 Å². The molecule has 0 spiro atoms. The van der Waals surface area contributed by atoms with Crippen LogP contribution in [0.15, 0.2) is 54.6 Å². The van der Waals surface area contributed by atoms with Gasteiger partial charge in [-0.1, -0.05) is 30.3 Å². The second-order valence-electron chi connectivity index (χ2n) is 6.36. The maximum absolute atomic E-state index is 13.0. The number of carbonyl (C=O) groups excluding carboxylic acids is 2. The van der Waals surface area contributed by atoms with Crippen LogP contribution in [0.2, 0.25) is 0 Å². The second kappa shape index (κ2) is 8.97. The summed E-state index contributed by atoms with van der Waals surface area (Å²) in [4.78, 5) is 25.0. The number of aromatic nitrogens is 1. The Kier molecular flexibility index (Phi) is 6.18. The number of benzene rings is 2. The van der Waals surface area contributed by atoms with Crippen LogP contribution in [0.1, 0.15) is 29.9 Å². The number of ether oxygens (including phenoxy) is 2. The third-order valence-corrected chi connectivity index (χ3v) is 4.44. The number of nitriles is 1. The minimum absolute atomic E-state index is 0.161. The third-order valence-electron chi connectivity index (χ3n) is 4.44. The molecule has 0 aliphatic rings. The molecule has 1 amide bonds. The van der Waals surface area contributed by atoms with Gasteiger partial charge in [0.1, 0.15) is 28.9 Å². The van der Waals surface area contributed by atoms with Crippen LogP contribution in [0, 0.1) is 11.3 Å². The van der Waals surface area contributed by atoms with Crippen molar-refractivity contribution in [2.75, 3.05) is 19.0 Å². The largest absolute Gasteiger partial charge is 0.497 e. The summed E-state index contributed by atoms with van der Waals surface area (Å²) >= 11 is 0. The Morgan fingerprint density at radius 3 is 2.30 bits per heavy atom. The number of anilines is 1. The molecule has 3 rings (SSSR count). The van der Waals surface area contributed by atoms with Crippen LogP contribution in [0.5, 0.6) is 5.75 Å². The maximum Gasteiger partial charge on any atom is 0.356 e. The van der Waals surface area contributed by atoms with E-state index in [0.717, 1.165) is 0 Å². The van der Waals surface area contributed by atoms with E-state index in [4.69, 9.17) is 9.47 Å². The Labute approximate surface area is 174 Å². The fourth-order valence-electron chi connectivity index (χ4n) is 3.23. The summed E-state index contributed by atoms with van der Waals surface area (Å²) in [6, 6.07) is 18.2. The maximum atomic E-state index is 13.0. The fourth-order valence-corrected chi connectivity index (χ4v) is 3.23. The lowest BCUT2D eigenvalue weighted by Gasteiger charge is -2.14. The van der Waals surface area contributed by atoms with Gasteiger partial charge in [0.25, 0.3) is 0 Å². The number of hydrogen-bond donors (Lipinski definition) is 1. The van der Waals surface area contributed by atoms with Gasteiger partial charge in [0, 0.05) is 18.2 Å². The summed E-state index contributed by atoms with van der Waals surface area (Å²) in [5.41, 5.74) is 1.97. The molecule has 0 atom stereocenters. The number of rotatable bonds is 6. The van der Waals surface area contributed by atoms with E-state index < -0.39 is 5.97 Å². The average Bonchev–Trinajstić information content (AvgIpc) is 3.08. The predicted octanol–water partition coefficient (Wildman–Crippen LogP) is 4.16. The Bertz CT molecular complexity index is 1110. The summed E-state index contributed by atoms with van der Waals surface area (Å²) < 4.78 is 12.1. The van der Waals surface area contributed by atoms with Crippen molar-refractivity contribution in [3.05, 3.63) is 65.9 Å². The molecule has 0 aliphatic carbocycles. The second-order valence-corrected chi connectivity index (χ2v) is 6.36. The molecule has 0 fully saturated rings. The molecule has 7 heteroatoms. The molecule has 152 valence electrons. The van der Waals surface area contributed by atoms with Gasteiger partial charge in [-0.05, 0) is 36.8 Å². The van der Waals surface area contributed by atoms with Crippen molar-refractivity contribution in [3.63, 3.8) is 0 Å². The number of carbonyl (C=O) groups is 2. The molecule has 0 radical (unpaired) electrons. The molecule has 0 saturated carbocycles. The molecule has 0 bridgehead atoms. The van der Waals surface area contributed by atoms with Crippen LogP contribution in [-0.2, 0) is 9.53 Å². The Hall–Kier alpha value is -4.05. The van der Waals surface area contributed by atoms with Gasteiger partial charge >= 0.3 is 5.97 Å². The van der Waals surface area contributed by atoms with Crippen LogP contribution in [0.4, 0.5) is 5.82 Å². The molecule has 1 heterocycles. The smallest absolute Gasteiger partial charge is 0.356 e. The van der Waals surface area contributed by atoms with Crippen LogP contribution < -0.4 is 10.1 Å². The van der Waals surface area contributed by atoms with E-state index in [9.17, 15) is 14.9 Å². The molecule has 7 nitrogen and oxygen atoms in total. The highest BCUT2D eigenvalue weighted by Gasteiger charge is 2.30. The molecular formula is C23H21N3O4. The minimum Gasteiger partial charge on any atom is -0.497 e. The SMILES string of the molecule is CCOC(=O)c1c(-c2ccccc2)c(C#N)c(NC(C)=O)n1-c1ccc(OC)cc1. The summed E-state index contributed by atoms with van der Waals surface area (Å²) in [6.07, 6.45) is 0. The normalized spacial score (nSPS) is 10.2. The van der Waals surface area contributed by atoms with Crippen molar-refractivity contribution in [1.82, 2.24) is 4.57 Å². The van der Waals surface area contributed by atoms with E-state index in [-0.39, 0.29) is 29.6 Å². The third kappa shape index (κ3) is 3.89. The summed E-state index contributed by atoms with van der Waals surface area (Å²) in [7, 11) is 1.55. The number of methoxy groups -OCH3 is 1. The molecule has 2 aromatic carbocycles. The van der Waals surface area contributed by atoms with Crippen molar-refractivity contribution < 1.29 is 19.1 Å². The number of esters is 1. The first-order valence-corrected chi connectivity index (χ1v) is 9.35. The highest BCUT2D eigenvalue weighted by atomic mass is 16.5. The number of amides is 1. The zero-order valence-corrected chi connectivity index (χ0v) is 16.9. The molecule has 0 aliphatic heterocycles. The monoisotopic (exact) mass is 403 g/mol. The van der Waals surface area contributed by atoms with E-state index >= 15 is 0 Å². The number of hydrogen-bond acceptors (Lipinski definition) is 5. The van der Waals surface area contributed by atoms with E-state index in [1.165, 1.54) is 6.92 Å². The van der Waals surface area contributed by atoms with Crippen molar-refractivity contribution in [2.45, 2.75) is 13.8 Å². The standard InChI is InChI=1S/C23H21N3O4/c1-4-30-23(28)21-20(16-8-6-5-7-9-16)19(14-24)22(25-15(2)27)26(21)17-10-12-18(29-3)13-11-17/h5-13H,4H2,1-3H3,(H,25,27). The topological polar surface area (TPSA) is 93.4 Å². The van der Waals surface area contributed by atoms with E-state index in [1.807, 2.05) is 18.2 Å². The summed E-state index contributed by atoms with van der Waals surface area (Å²) in [6.45, 7) is 3.22. The Morgan fingerprint density at radius 2 is 1.77 bits per heavy atom. The van der Waals surface area contributed by atoms with Gasteiger partial charge in [0.2, 0.25) is 5.91 Å². The molecule has 30 heavy (non-hydrogen) atoms. The van der Waals surface area contributed by atoms with E-state index in [2.05, 4.69) is 11.4 Å². The Morgan fingerprint density at radius 1 is 1.10 bits per heavy atom. The molecular weight excluding hydrogens is 382 g/mol. The van der Waals surface area contributed by atoms with Crippen LogP contribution in [0.3, 0.4) is 0 Å². The quantitative estimate of drug-likeness (QED) is 0.624. The first-order valence-electron chi connectivity index (χ1n) is 9.35. The number of nitrogens with zero attached hydrogens (tertiary/aromatic N) is 2. The number of nitrogens with one attached hydrogen (secondary N) is 1. The minimum atomic E-state index is -0.597. The van der Waals surface area contributed by atoms with Gasteiger partial charge in [-0.2, -0.15) is 5.26 Å². The van der Waals surface area contributed by atoms with Crippen LogP contribution in [-0.4, -0.2) is 30.2 Å². The van der Waals surface area contributed by atoms with Gasteiger partial charge in [0.05, 0.1) is 13.7 Å². The van der Waals surface area contributed by atoms with E-state index in [1.54, 1.807) is 55.0 Å². The highest BCUT2D eigenvalue weighted by molar-refractivity contribution is 6.03. The average molecular weight is 403 g/mol. The first-order chi connectivity index (χ1) is 14.5. The Balaban J connectivity index is 2.42. The highest BCUT2D eigenvalue weighted by Crippen LogP contribution is 2.38. The van der Waals surface area contributed by atoms with Gasteiger partial charge in [0.15, 0.2) is 0 Å².